The minimum absolute atomic E-state index is 0.0308. The highest BCUT2D eigenvalue weighted by Gasteiger charge is 2.44. The molecule has 2 aromatic rings. The molecule has 4 rings (SSSR count). The highest BCUT2D eigenvalue weighted by molar-refractivity contribution is 5.79. The lowest BCUT2D eigenvalue weighted by Crippen LogP contribution is -2.49. The van der Waals surface area contributed by atoms with Crippen molar-refractivity contribution in [1.82, 2.24) is 10.2 Å². The predicted molar refractivity (Wildman–Crippen MR) is 146 cm³/mol. The molecule has 0 spiro atoms. The van der Waals surface area contributed by atoms with Gasteiger partial charge in [-0.3, -0.25) is 4.79 Å². The smallest absolute Gasteiger partial charge is 0.406 e. The first kappa shape index (κ1) is 28.8. The Morgan fingerprint density at radius 1 is 1.21 bits per heavy atom. The first-order valence-corrected chi connectivity index (χ1v) is 13.8. The van der Waals surface area contributed by atoms with Crippen LogP contribution in [0.25, 0.3) is 0 Å². The van der Waals surface area contributed by atoms with Crippen LogP contribution in [0.1, 0.15) is 56.1 Å². The van der Waals surface area contributed by atoms with E-state index in [0.717, 1.165) is 24.8 Å². The number of amides is 2. The van der Waals surface area contributed by atoms with Gasteiger partial charge in [-0.1, -0.05) is 24.3 Å². The largest absolute Gasteiger partial charge is 0.454 e. The van der Waals surface area contributed by atoms with Crippen LogP contribution < -0.4 is 15.8 Å². The van der Waals surface area contributed by atoms with Crippen molar-refractivity contribution in [2.24, 2.45) is 17.6 Å². The number of rotatable bonds is 9. The van der Waals surface area contributed by atoms with E-state index in [2.05, 4.69) is 10.1 Å². The zero-order chi connectivity index (χ0) is 28.0. The molecule has 39 heavy (non-hydrogen) atoms. The summed E-state index contributed by atoms with van der Waals surface area (Å²) in [6.45, 7) is 3.17. The van der Waals surface area contributed by atoms with E-state index in [9.17, 15) is 14.7 Å². The van der Waals surface area contributed by atoms with Gasteiger partial charge in [0.15, 0.2) is 11.6 Å². The summed E-state index contributed by atoms with van der Waals surface area (Å²) in [5, 5.41) is 15.1. The van der Waals surface area contributed by atoms with E-state index in [4.69, 9.17) is 10.5 Å². The van der Waals surface area contributed by atoms with E-state index in [1.165, 1.54) is 13.2 Å². The summed E-state index contributed by atoms with van der Waals surface area (Å²) >= 11 is 0. The molecule has 4 atom stereocenters. The number of nitrogens with one attached hydrogen (secondary N) is 1. The Bertz CT molecular complexity index is 1160. The molecule has 1 saturated carbocycles. The van der Waals surface area contributed by atoms with Crippen LogP contribution in [-0.2, 0) is 15.1 Å². The van der Waals surface area contributed by atoms with Crippen molar-refractivity contribution in [3.8, 4) is 11.5 Å². The number of hydrogen-bond acceptors (Lipinski definition) is 6. The van der Waals surface area contributed by atoms with Crippen LogP contribution in [0, 0.1) is 24.6 Å². The predicted octanol–water partition coefficient (Wildman–Crippen LogP) is 4.62. The van der Waals surface area contributed by atoms with E-state index in [-0.39, 0.29) is 42.5 Å². The topological polar surface area (TPSA) is 114 Å². The molecule has 1 heterocycles. The fraction of sp³-hybridized carbons (Fsp3) is 0.533. The van der Waals surface area contributed by atoms with Gasteiger partial charge in [-0.2, -0.15) is 0 Å². The van der Waals surface area contributed by atoms with E-state index >= 15 is 4.39 Å². The van der Waals surface area contributed by atoms with Gasteiger partial charge in [-0.15, -0.1) is 0 Å². The standard InChI is InChI=1S/C30H40FN3O5/c1-20-7-3-9-24(17-20)39-27-25(10-4-11-26(27)31)30(37,14-6-15-33-29(36)38-2)22-8-5-16-34(19-22)28(35)21-12-13-23(32)18-21/h3-4,7,9-11,17,21-23,37H,5-6,8,12-16,18-19,32H2,1-2H3,(H,33,36)/t21-,22?,23-,30+/m1/s1. The normalized spacial score (nSPS) is 22.7. The molecule has 1 saturated heterocycles. The Balaban J connectivity index is 1.64. The van der Waals surface area contributed by atoms with Crippen molar-refractivity contribution >= 4 is 12.0 Å². The third-order valence-electron chi connectivity index (χ3n) is 8.06. The molecule has 0 aromatic heterocycles. The van der Waals surface area contributed by atoms with E-state index in [1.807, 2.05) is 30.0 Å². The Hall–Kier alpha value is -3.17. The average Bonchev–Trinajstić information content (AvgIpc) is 3.37. The summed E-state index contributed by atoms with van der Waals surface area (Å²) in [7, 11) is 1.29. The molecule has 0 radical (unpaired) electrons. The third kappa shape index (κ3) is 6.89. The number of ether oxygens (including phenoxy) is 2. The second-order valence-electron chi connectivity index (χ2n) is 10.9. The monoisotopic (exact) mass is 541 g/mol. The van der Waals surface area contributed by atoms with Crippen molar-refractivity contribution in [3.05, 3.63) is 59.4 Å². The number of benzene rings is 2. The number of likely N-dealkylation sites (tertiary alicyclic amines) is 1. The molecule has 2 aromatic carbocycles. The number of alkyl carbamates (subject to hydrolysis) is 1. The number of carbonyl (C=O) groups is 2. The maximum Gasteiger partial charge on any atom is 0.406 e. The van der Waals surface area contributed by atoms with Crippen LogP contribution in [0.15, 0.2) is 42.5 Å². The van der Waals surface area contributed by atoms with Crippen LogP contribution >= 0.6 is 0 Å². The number of nitrogens with two attached hydrogens (primary N) is 1. The number of methoxy groups -OCH3 is 1. The summed E-state index contributed by atoms with van der Waals surface area (Å²) in [6, 6.07) is 11.9. The van der Waals surface area contributed by atoms with Gasteiger partial charge in [0.25, 0.3) is 0 Å². The van der Waals surface area contributed by atoms with Crippen LogP contribution in [0.4, 0.5) is 9.18 Å². The van der Waals surface area contributed by atoms with Gasteiger partial charge < -0.3 is 30.5 Å². The lowest BCUT2D eigenvalue weighted by Gasteiger charge is -2.44. The molecule has 2 aliphatic rings. The number of aliphatic hydroxyl groups is 1. The molecule has 2 amide bonds. The fourth-order valence-corrected chi connectivity index (χ4v) is 6.00. The minimum atomic E-state index is -1.51. The van der Waals surface area contributed by atoms with Gasteiger partial charge in [-0.05, 0) is 75.6 Å². The number of aryl methyl sites for hydroxylation is 1. The zero-order valence-corrected chi connectivity index (χ0v) is 22.8. The molecule has 1 aliphatic carbocycles. The van der Waals surface area contributed by atoms with Gasteiger partial charge in [-0.25, -0.2) is 9.18 Å². The summed E-state index contributed by atoms with van der Waals surface area (Å²) in [5.41, 5.74) is 5.86. The Morgan fingerprint density at radius 2 is 2.00 bits per heavy atom. The Labute approximate surface area is 229 Å². The highest BCUT2D eigenvalue weighted by atomic mass is 19.1. The van der Waals surface area contributed by atoms with Crippen molar-refractivity contribution < 1.29 is 28.6 Å². The summed E-state index contributed by atoms with van der Waals surface area (Å²) in [5.74, 6) is -0.511. The zero-order valence-electron chi connectivity index (χ0n) is 22.8. The Kier molecular flexibility index (Phi) is 9.45. The van der Waals surface area contributed by atoms with Gasteiger partial charge in [0.2, 0.25) is 5.91 Å². The maximum atomic E-state index is 15.3. The number of carbonyl (C=O) groups excluding carboxylic acids is 2. The molecule has 1 unspecified atom stereocenters. The number of piperidine rings is 1. The van der Waals surface area contributed by atoms with Gasteiger partial charge in [0, 0.05) is 43.1 Å². The second kappa shape index (κ2) is 12.8. The lowest BCUT2D eigenvalue weighted by atomic mass is 9.73. The molecular formula is C30H40FN3O5. The van der Waals surface area contributed by atoms with Crippen LogP contribution in [0.5, 0.6) is 11.5 Å². The molecule has 4 N–H and O–H groups in total. The number of halogens is 1. The molecule has 2 fully saturated rings. The van der Waals surface area contributed by atoms with Crippen molar-refractivity contribution in [3.63, 3.8) is 0 Å². The SMILES string of the molecule is COC(=O)NCCC[C@@](O)(c1cccc(F)c1Oc1cccc(C)c1)C1CCCN(C(=O)[C@@H]2CC[C@@H](N)C2)C1. The number of para-hydroxylation sites is 1. The molecule has 0 bridgehead atoms. The van der Waals surface area contributed by atoms with E-state index < -0.39 is 17.5 Å². The minimum Gasteiger partial charge on any atom is -0.454 e. The third-order valence-corrected chi connectivity index (χ3v) is 8.06. The lowest BCUT2D eigenvalue weighted by molar-refractivity contribution is -0.141. The maximum absolute atomic E-state index is 15.3. The van der Waals surface area contributed by atoms with Gasteiger partial charge >= 0.3 is 6.09 Å². The number of nitrogens with zero attached hydrogens (tertiary/aromatic N) is 1. The molecular weight excluding hydrogens is 501 g/mol. The summed E-state index contributed by atoms with van der Waals surface area (Å²) in [4.78, 5) is 26.8. The quantitative estimate of drug-likeness (QED) is 0.400. The molecule has 1 aliphatic heterocycles. The average molecular weight is 542 g/mol. The number of hydrogen-bond donors (Lipinski definition) is 3. The van der Waals surface area contributed by atoms with Crippen molar-refractivity contribution in [2.75, 3.05) is 26.7 Å². The van der Waals surface area contributed by atoms with Crippen molar-refractivity contribution in [2.45, 2.75) is 63.5 Å². The fourth-order valence-electron chi connectivity index (χ4n) is 6.00. The summed E-state index contributed by atoms with van der Waals surface area (Å²) in [6.07, 6.45) is 3.77. The van der Waals surface area contributed by atoms with Gasteiger partial charge in [0.1, 0.15) is 5.75 Å². The first-order chi connectivity index (χ1) is 18.7. The first-order valence-electron chi connectivity index (χ1n) is 13.8. The van der Waals surface area contributed by atoms with Crippen LogP contribution in [0.2, 0.25) is 0 Å². The van der Waals surface area contributed by atoms with E-state index in [0.29, 0.717) is 43.7 Å². The van der Waals surface area contributed by atoms with Crippen LogP contribution in [-0.4, -0.2) is 54.8 Å². The Morgan fingerprint density at radius 3 is 2.72 bits per heavy atom. The van der Waals surface area contributed by atoms with Crippen molar-refractivity contribution in [1.29, 1.82) is 0 Å². The highest BCUT2D eigenvalue weighted by Crippen LogP contribution is 2.45. The van der Waals surface area contributed by atoms with Gasteiger partial charge in [0.05, 0.1) is 12.7 Å². The molecule has 212 valence electrons. The van der Waals surface area contributed by atoms with Crippen LogP contribution in [0.3, 0.4) is 0 Å². The molecule has 8 nitrogen and oxygen atoms in total. The summed E-state index contributed by atoms with van der Waals surface area (Å²) < 4.78 is 26.1. The molecule has 9 heteroatoms. The second-order valence-corrected chi connectivity index (χ2v) is 10.9. The van der Waals surface area contributed by atoms with E-state index in [1.54, 1.807) is 18.2 Å².